The molecule has 1 aromatic heterocycles. The number of hydrogen-bond donors (Lipinski definition) is 2. The number of carbonyl (C=O) groups excluding carboxylic acids is 1. The summed E-state index contributed by atoms with van der Waals surface area (Å²) in [5.41, 5.74) is 0.148. The molecule has 2 saturated heterocycles. The van der Waals surface area contributed by atoms with Gasteiger partial charge in [0.2, 0.25) is 0 Å². The largest absolute Gasteiger partial charge is 0.481 e. The summed E-state index contributed by atoms with van der Waals surface area (Å²) < 4.78 is 52.4. The Labute approximate surface area is 270 Å². The first kappa shape index (κ1) is 34.0. The van der Waals surface area contributed by atoms with Crippen molar-refractivity contribution in [2.75, 3.05) is 32.8 Å². The lowest BCUT2D eigenvalue weighted by molar-refractivity contribution is -0.150. The van der Waals surface area contributed by atoms with Crippen LogP contribution in [0.5, 0.6) is 0 Å². The Morgan fingerprint density at radius 1 is 1.28 bits per heavy atom. The van der Waals surface area contributed by atoms with Crippen molar-refractivity contribution >= 4 is 29.1 Å². The van der Waals surface area contributed by atoms with Crippen molar-refractivity contribution in [3.05, 3.63) is 63.0 Å². The number of aliphatic carboxylic acids is 1. The van der Waals surface area contributed by atoms with Crippen molar-refractivity contribution in [2.45, 2.75) is 78.1 Å². The molecular formula is C32H41F3N6O4S. The number of carbonyl (C=O) groups is 2. The number of ether oxygens (including phenoxy) is 1. The number of benzene rings is 1. The third-order valence-corrected chi connectivity index (χ3v) is 9.85. The average Bonchev–Trinajstić information content (AvgIpc) is 3.71. The highest BCUT2D eigenvalue weighted by atomic mass is 32.1. The normalized spacial score (nSPS) is 23.9. The van der Waals surface area contributed by atoms with E-state index < -0.39 is 53.8 Å². The van der Waals surface area contributed by atoms with Crippen LogP contribution >= 0.6 is 11.3 Å². The maximum Gasteiger partial charge on any atom is 0.338 e. The molecule has 0 radical (unpaired) electrons. The predicted molar refractivity (Wildman–Crippen MR) is 168 cm³/mol. The van der Waals surface area contributed by atoms with E-state index >= 15 is 8.78 Å². The number of esters is 1. The van der Waals surface area contributed by atoms with Gasteiger partial charge in [0.05, 0.1) is 24.1 Å². The third kappa shape index (κ3) is 6.44. The van der Waals surface area contributed by atoms with E-state index in [1.807, 2.05) is 18.9 Å². The van der Waals surface area contributed by atoms with Crippen LogP contribution in [0.3, 0.4) is 0 Å². The van der Waals surface area contributed by atoms with Crippen LogP contribution in [0.4, 0.5) is 13.2 Å². The van der Waals surface area contributed by atoms with Crippen molar-refractivity contribution in [3.63, 3.8) is 0 Å². The standard InChI is InChI=1S/C32H41F3N6O4S/c1-7-45-29(42)24-22(37-27(28-36-12-14-46-28)38-25(24)20-9-8-10-21(33)19(20)4)15-39-17-32(34,35)26-23(39)16-41(18(2)3)40(26)13-11-31(5,6)30(43)44/h8-10,12,14,18,23,25-26H,7,11,13,15-17H2,1-6H3,(H,37,38)(H,43,44). The second-order valence-corrected chi connectivity index (χ2v) is 13.8. The molecule has 4 heterocycles. The number of carboxylic acids is 1. The number of halogens is 3. The van der Waals surface area contributed by atoms with E-state index in [-0.39, 0.29) is 37.7 Å². The molecule has 3 aliphatic heterocycles. The van der Waals surface area contributed by atoms with E-state index in [2.05, 4.69) is 10.3 Å². The lowest BCUT2D eigenvalue weighted by atomic mass is 9.89. The molecule has 2 fully saturated rings. The van der Waals surface area contributed by atoms with Crippen LogP contribution in [-0.4, -0.2) is 99.6 Å². The monoisotopic (exact) mass is 662 g/mol. The molecule has 0 spiro atoms. The number of rotatable bonds is 11. The molecule has 3 aliphatic rings. The highest BCUT2D eigenvalue weighted by molar-refractivity contribution is 7.11. The lowest BCUT2D eigenvalue weighted by Crippen LogP contribution is -2.52. The number of alkyl halides is 2. The Kier molecular flexibility index (Phi) is 9.65. The number of thiazole rings is 1. The Bertz CT molecular complexity index is 1530. The number of nitrogens with one attached hydrogen (secondary N) is 1. The number of fused-ring (bicyclic) bond motifs is 1. The van der Waals surface area contributed by atoms with Crippen LogP contribution < -0.4 is 5.32 Å². The zero-order valence-electron chi connectivity index (χ0n) is 26.9. The highest BCUT2D eigenvalue weighted by Crippen LogP contribution is 2.44. The molecular weight excluding hydrogens is 621 g/mol. The van der Waals surface area contributed by atoms with E-state index in [0.29, 0.717) is 34.2 Å². The lowest BCUT2D eigenvalue weighted by Gasteiger charge is -2.37. The number of amidine groups is 1. The van der Waals surface area contributed by atoms with Crippen molar-refractivity contribution in [2.24, 2.45) is 10.4 Å². The maximum atomic E-state index is 16.1. The third-order valence-electron chi connectivity index (χ3n) is 9.07. The number of carboxylic acid groups (broad SMARTS) is 1. The number of hydrazine groups is 1. The molecule has 46 heavy (non-hydrogen) atoms. The fraction of sp³-hybridized carbons (Fsp3) is 0.562. The zero-order chi connectivity index (χ0) is 33.6. The second kappa shape index (κ2) is 13.1. The topological polar surface area (TPSA) is 111 Å². The quantitative estimate of drug-likeness (QED) is 0.333. The molecule has 0 bridgehead atoms. The van der Waals surface area contributed by atoms with Crippen molar-refractivity contribution in [1.82, 2.24) is 25.2 Å². The summed E-state index contributed by atoms with van der Waals surface area (Å²) in [6, 6.07) is 1.68. The fourth-order valence-corrected chi connectivity index (χ4v) is 7.06. The molecule has 250 valence electrons. The molecule has 0 saturated carbocycles. The minimum absolute atomic E-state index is 0.0550. The summed E-state index contributed by atoms with van der Waals surface area (Å²) in [6.45, 7) is 10.2. The van der Waals surface area contributed by atoms with Gasteiger partial charge in [0, 0.05) is 49.0 Å². The van der Waals surface area contributed by atoms with Crippen molar-refractivity contribution in [1.29, 1.82) is 0 Å². The van der Waals surface area contributed by atoms with Crippen LogP contribution in [-0.2, 0) is 14.3 Å². The first-order chi connectivity index (χ1) is 21.7. The molecule has 2 N–H and O–H groups in total. The van der Waals surface area contributed by atoms with Crippen LogP contribution in [0, 0.1) is 18.2 Å². The Hall–Kier alpha value is -3.33. The molecule has 2 aromatic rings. The molecule has 10 nitrogen and oxygen atoms in total. The summed E-state index contributed by atoms with van der Waals surface area (Å²) in [5.74, 6) is -4.90. The Morgan fingerprint density at radius 3 is 2.65 bits per heavy atom. The predicted octanol–water partition coefficient (Wildman–Crippen LogP) is 4.63. The van der Waals surface area contributed by atoms with Gasteiger partial charge in [-0.05, 0) is 65.2 Å². The van der Waals surface area contributed by atoms with Gasteiger partial charge in [-0.2, -0.15) is 0 Å². The number of hydrogen-bond acceptors (Lipinski definition) is 10. The summed E-state index contributed by atoms with van der Waals surface area (Å²) >= 11 is 1.32. The average molecular weight is 663 g/mol. The van der Waals surface area contributed by atoms with E-state index in [1.165, 1.54) is 17.4 Å². The molecule has 3 unspecified atom stereocenters. The molecule has 0 amide bonds. The van der Waals surface area contributed by atoms with Crippen LogP contribution in [0.15, 0.2) is 46.0 Å². The van der Waals surface area contributed by atoms with Gasteiger partial charge >= 0.3 is 11.9 Å². The molecule has 5 rings (SSSR count). The molecule has 3 atom stereocenters. The molecule has 0 aliphatic carbocycles. The molecule has 1 aromatic carbocycles. The smallest absolute Gasteiger partial charge is 0.338 e. The number of likely N-dealkylation sites (tertiary alicyclic amines) is 1. The summed E-state index contributed by atoms with van der Waals surface area (Å²) in [4.78, 5) is 36.3. The van der Waals surface area contributed by atoms with Gasteiger partial charge in [0.1, 0.15) is 17.9 Å². The van der Waals surface area contributed by atoms with Crippen LogP contribution in [0.2, 0.25) is 0 Å². The minimum atomic E-state index is -3.13. The number of aromatic nitrogens is 1. The van der Waals surface area contributed by atoms with Crippen LogP contribution in [0.1, 0.15) is 63.2 Å². The molecule has 14 heteroatoms. The van der Waals surface area contributed by atoms with Gasteiger partial charge in [0.25, 0.3) is 5.92 Å². The number of nitrogens with zero attached hydrogens (tertiary/aromatic N) is 5. The van der Waals surface area contributed by atoms with Gasteiger partial charge in [-0.25, -0.2) is 33.0 Å². The highest BCUT2D eigenvalue weighted by Gasteiger charge is 2.62. The van der Waals surface area contributed by atoms with Crippen LogP contribution in [0.25, 0.3) is 0 Å². The summed E-state index contributed by atoms with van der Waals surface area (Å²) in [7, 11) is 0. The van der Waals surface area contributed by atoms with Crippen molar-refractivity contribution < 1.29 is 32.6 Å². The first-order valence-corrected chi connectivity index (χ1v) is 16.3. The summed E-state index contributed by atoms with van der Waals surface area (Å²) in [5, 5.41) is 18.7. The van der Waals surface area contributed by atoms with Crippen molar-refractivity contribution in [3.8, 4) is 0 Å². The SMILES string of the molecule is CCOC(=O)C1=C(CN2CC(F)(F)C3C2CN(C(C)C)N3CCC(C)(C)C(=O)O)NC(c2nccs2)=NC1c1cccc(F)c1C. The maximum absolute atomic E-state index is 16.1. The van der Waals surface area contributed by atoms with Gasteiger partial charge in [-0.3, -0.25) is 14.7 Å². The minimum Gasteiger partial charge on any atom is -0.481 e. The van der Waals surface area contributed by atoms with Gasteiger partial charge < -0.3 is 15.2 Å². The zero-order valence-corrected chi connectivity index (χ0v) is 27.7. The van der Waals surface area contributed by atoms with E-state index in [0.717, 1.165) is 0 Å². The van der Waals surface area contributed by atoms with E-state index in [4.69, 9.17) is 9.73 Å². The second-order valence-electron chi connectivity index (χ2n) is 12.9. The van der Waals surface area contributed by atoms with E-state index in [1.54, 1.807) is 61.3 Å². The first-order valence-electron chi connectivity index (χ1n) is 15.4. The van der Waals surface area contributed by atoms with Gasteiger partial charge in [-0.15, -0.1) is 11.3 Å². The number of aliphatic imine (C=N–C) groups is 1. The summed E-state index contributed by atoms with van der Waals surface area (Å²) in [6.07, 6.45) is 1.80. The Morgan fingerprint density at radius 2 is 2.02 bits per heavy atom. The van der Waals surface area contributed by atoms with Gasteiger partial charge in [-0.1, -0.05) is 12.1 Å². The fourth-order valence-electron chi connectivity index (χ4n) is 6.47. The van der Waals surface area contributed by atoms with E-state index in [9.17, 15) is 19.1 Å². The Balaban J connectivity index is 1.55. The van der Waals surface area contributed by atoms with Gasteiger partial charge in [0.15, 0.2) is 10.8 Å².